The standard InChI is InChI=1S/C22H23ClN4O/c23-20-11-5-4-9-19(20)15-27-16-21(24-25-27)22(28)26-13-6-10-18(12-14-26)17-7-2-1-3-8-17/h1-5,7-9,11,16,18H,6,10,12-15H2/t18-/m0/s1. The van der Waals surface area contributed by atoms with Crippen molar-refractivity contribution in [2.24, 2.45) is 0 Å². The summed E-state index contributed by atoms with van der Waals surface area (Å²) in [5.74, 6) is 0.467. The van der Waals surface area contributed by atoms with E-state index < -0.39 is 0 Å². The lowest BCUT2D eigenvalue weighted by Crippen LogP contribution is -2.32. The van der Waals surface area contributed by atoms with Crippen LogP contribution < -0.4 is 0 Å². The van der Waals surface area contributed by atoms with E-state index >= 15 is 0 Å². The van der Waals surface area contributed by atoms with Crippen LogP contribution >= 0.6 is 11.6 Å². The largest absolute Gasteiger partial charge is 0.337 e. The Balaban J connectivity index is 1.41. The average molecular weight is 395 g/mol. The molecule has 6 heteroatoms. The molecule has 0 bridgehead atoms. The van der Waals surface area contributed by atoms with E-state index in [1.807, 2.05) is 35.2 Å². The molecule has 0 aliphatic carbocycles. The van der Waals surface area contributed by atoms with Gasteiger partial charge in [-0.2, -0.15) is 0 Å². The molecular formula is C22H23ClN4O. The lowest BCUT2D eigenvalue weighted by Gasteiger charge is -2.19. The van der Waals surface area contributed by atoms with Crippen LogP contribution in [0, 0.1) is 0 Å². The van der Waals surface area contributed by atoms with E-state index in [1.54, 1.807) is 10.9 Å². The maximum atomic E-state index is 12.9. The predicted octanol–water partition coefficient (Wildman–Crippen LogP) is 4.39. The second-order valence-electron chi connectivity index (χ2n) is 7.22. The maximum absolute atomic E-state index is 12.9. The van der Waals surface area contributed by atoms with E-state index in [4.69, 9.17) is 11.6 Å². The maximum Gasteiger partial charge on any atom is 0.276 e. The fraction of sp³-hybridized carbons (Fsp3) is 0.318. The number of amides is 1. The molecule has 144 valence electrons. The quantitative estimate of drug-likeness (QED) is 0.659. The number of benzene rings is 2. The summed E-state index contributed by atoms with van der Waals surface area (Å²) < 4.78 is 1.67. The highest BCUT2D eigenvalue weighted by Gasteiger charge is 2.24. The molecule has 0 unspecified atom stereocenters. The van der Waals surface area contributed by atoms with Crippen molar-refractivity contribution in [1.29, 1.82) is 0 Å². The fourth-order valence-corrected chi connectivity index (χ4v) is 3.99. The van der Waals surface area contributed by atoms with E-state index in [0.717, 1.165) is 37.9 Å². The third-order valence-corrected chi connectivity index (χ3v) is 5.70. The summed E-state index contributed by atoms with van der Waals surface area (Å²) in [4.78, 5) is 14.8. The van der Waals surface area contributed by atoms with Gasteiger partial charge >= 0.3 is 0 Å². The lowest BCUT2D eigenvalue weighted by molar-refractivity contribution is 0.0755. The van der Waals surface area contributed by atoms with Gasteiger partial charge in [-0.3, -0.25) is 4.79 Å². The Morgan fingerprint density at radius 2 is 1.82 bits per heavy atom. The number of halogens is 1. The molecular weight excluding hydrogens is 372 g/mol. The molecule has 2 heterocycles. The fourth-order valence-electron chi connectivity index (χ4n) is 3.79. The number of carbonyl (C=O) groups is 1. The zero-order valence-electron chi connectivity index (χ0n) is 15.7. The van der Waals surface area contributed by atoms with E-state index in [9.17, 15) is 4.79 Å². The Bertz CT molecular complexity index is 940. The van der Waals surface area contributed by atoms with E-state index in [1.165, 1.54) is 5.56 Å². The molecule has 0 N–H and O–H groups in total. The van der Waals surface area contributed by atoms with Gasteiger partial charge in [0.2, 0.25) is 0 Å². The van der Waals surface area contributed by atoms with Gasteiger partial charge in [-0.05, 0) is 42.4 Å². The SMILES string of the molecule is O=C(c1cn(Cc2ccccc2Cl)nn1)N1CCC[C@H](c2ccccc2)CC1. The third-order valence-electron chi connectivity index (χ3n) is 5.33. The molecule has 1 saturated heterocycles. The van der Waals surface area contributed by atoms with Crippen molar-refractivity contribution < 1.29 is 4.79 Å². The van der Waals surface area contributed by atoms with E-state index in [-0.39, 0.29) is 5.91 Å². The molecule has 0 radical (unpaired) electrons. The van der Waals surface area contributed by atoms with Crippen molar-refractivity contribution in [3.05, 3.63) is 82.6 Å². The molecule has 0 saturated carbocycles. The molecule has 28 heavy (non-hydrogen) atoms. The van der Waals surface area contributed by atoms with Crippen molar-refractivity contribution >= 4 is 17.5 Å². The van der Waals surface area contributed by atoms with Crippen LogP contribution in [0.4, 0.5) is 0 Å². The summed E-state index contributed by atoms with van der Waals surface area (Å²) in [6.45, 7) is 2.01. The first-order valence-corrected chi connectivity index (χ1v) is 10.1. The number of likely N-dealkylation sites (tertiary alicyclic amines) is 1. The first-order valence-electron chi connectivity index (χ1n) is 9.68. The monoisotopic (exact) mass is 394 g/mol. The second kappa shape index (κ2) is 8.57. The molecule has 1 aliphatic rings. The molecule has 3 aromatic rings. The lowest BCUT2D eigenvalue weighted by atomic mass is 9.92. The normalized spacial score (nSPS) is 17.3. The molecule has 1 aliphatic heterocycles. The van der Waals surface area contributed by atoms with Crippen molar-refractivity contribution in [3.8, 4) is 0 Å². The molecule has 5 nitrogen and oxygen atoms in total. The summed E-state index contributed by atoms with van der Waals surface area (Å²) in [5, 5.41) is 8.90. The predicted molar refractivity (Wildman–Crippen MR) is 110 cm³/mol. The molecule has 1 atom stereocenters. The van der Waals surface area contributed by atoms with Gasteiger partial charge in [0.25, 0.3) is 5.91 Å². The summed E-state index contributed by atoms with van der Waals surface area (Å²) in [7, 11) is 0. The molecule has 1 amide bonds. The van der Waals surface area contributed by atoms with Gasteiger partial charge in [-0.1, -0.05) is 65.3 Å². The highest BCUT2D eigenvalue weighted by molar-refractivity contribution is 6.31. The molecule has 1 fully saturated rings. The van der Waals surface area contributed by atoms with Crippen LogP contribution in [-0.4, -0.2) is 38.9 Å². The number of aromatic nitrogens is 3. The van der Waals surface area contributed by atoms with Crippen LogP contribution in [0.15, 0.2) is 60.8 Å². The van der Waals surface area contributed by atoms with Gasteiger partial charge < -0.3 is 4.90 Å². The van der Waals surface area contributed by atoms with Gasteiger partial charge in [0.1, 0.15) is 0 Å². The average Bonchev–Trinajstić information content (AvgIpc) is 3.05. The summed E-state index contributed by atoms with van der Waals surface area (Å²) >= 11 is 6.21. The Hall–Kier alpha value is -2.66. The minimum Gasteiger partial charge on any atom is -0.337 e. The van der Waals surface area contributed by atoms with Gasteiger partial charge in [0, 0.05) is 18.1 Å². The van der Waals surface area contributed by atoms with Crippen molar-refractivity contribution in [1.82, 2.24) is 19.9 Å². The highest BCUT2D eigenvalue weighted by Crippen LogP contribution is 2.28. The van der Waals surface area contributed by atoms with Crippen LogP contribution in [0.1, 0.15) is 46.8 Å². The van der Waals surface area contributed by atoms with Crippen LogP contribution in [0.5, 0.6) is 0 Å². The number of hydrogen-bond donors (Lipinski definition) is 0. The number of rotatable bonds is 4. The van der Waals surface area contributed by atoms with Gasteiger partial charge in [-0.25, -0.2) is 4.68 Å². The van der Waals surface area contributed by atoms with Gasteiger partial charge in [0.05, 0.1) is 12.7 Å². The van der Waals surface area contributed by atoms with Crippen LogP contribution in [0.25, 0.3) is 0 Å². The van der Waals surface area contributed by atoms with Crippen LogP contribution in [-0.2, 0) is 6.54 Å². The molecule has 4 rings (SSSR count). The second-order valence-corrected chi connectivity index (χ2v) is 7.63. The Labute approximate surface area is 169 Å². The van der Waals surface area contributed by atoms with E-state index in [0.29, 0.717) is 23.2 Å². The van der Waals surface area contributed by atoms with Crippen LogP contribution in [0.3, 0.4) is 0 Å². The zero-order chi connectivity index (χ0) is 19.3. The third kappa shape index (κ3) is 4.25. The highest BCUT2D eigenvalue weighted by atomic mass is 35.5. The first kappa shape index (κ1) is 18.7. The number of nitrogens with zero attached hydrogens (tertiary/aromatic N) is 4. The van der Waals surface area contributed by atoms with Crippen molar-refractivity contribution in [3.63, 3.8) is 0 Å². The summed E-state index contributed by atoms with van der Waals surface area (Å²) in [6.07, 6.45) is 4.79. The van der Waals surface area contributed by atoms with Crippen molar-refractivity contribution in [2.45, 2.75) is 31.7 Å². The number of hydrogen-bond acceptors (Lipinski definition) is 3. The minimum absolute atomic E-state index is 0.0425. The Kier molecular flexibility index (Phi) is 5.72. The van der Waals surface area contributed by atoms with E-state index in [2.05, 4.69) is 34.6 Å². The summed E-state index contributed by atoms with van der Waals surface area (Å²) in [6, 6.07) is 18.2. The van der Waals surface area contributed by atoms with Gasteiger partial charge in [0.15, 0.2) is 5.69 Å². The smallest absolute Gasteiger partial charge is 0.276 e. The molecule has 1 aromatic heterocycles. The Morgan fingerprint density at radius 1 is 1.04 bits per heavy atom. The minimum atomic E-state index is -0.0425. The van der Waals surface area contributed by atoms with Gasteiger partial charge in [-0.15, -0.1) is 5.10 Å². The zero-order valence-corrected chi connectivity index (χ0v) is 16.4. The first-order chi connectivity index (χ1) is 13.7. The van der Waals surface area contributed by atoms with Crippen molar-refractivity contribution in [2.75, 3.05) is 13.1 Å². The molecule has 2 aromatic carbocycles. The topological polar surface area (TPSA) is 51.0 Å². The Morgan fingerprint density at radius 3 is 2.64 bits per heavy atom. The number of carbonyl (C=O) groups excluding carboxylic acids is 1. The summed E-state index contributed by atoms with van der Waals surface area (Å²) in [5.41, 5.74) is 2.71. The van der Waals surface area contributed by atoms with Crippen LogP contribution in [0.2, 0.25) is 5.02 Å². The molecule has 0 spiro atoms.